The summed E-state index contributed by atoms with van der Waals surface area (Å²) in [6, 6.07) is 16.0. The largest absolute Gasteiger partial charge is 0.362 e. The molecular weight excluding hydrogens is 381 g/mol. The zero-order valence-electron chi connectivity index (χ0n) is 17.4. The Hall–Kier alpha value is -2.93. The van der Waals surface area contributed by atoms with Crippen LogP contribution in [0, 0.1) is 0 Å². The highest BCUT2D eigenvalue weighted by Gasteiger charge is 2.22. The minimum Gasteiger partial charge on any atom is -0.362 e. The summed E-state index contributed by atoms with van der Waals surface area (Å²) in [7, 11) is 4.00. The van der Waals surface area contributed by atoms with Gasteiger partial charge in [-0.25, -0.2) is 4.98 Å². The van der Waals surface area contributed by atoms with Crippen molar-refractivity contribution in [1.82, 2.24) is 15.3 Å². The zero-order valence-corrected chi connectivity index (χ0v) is 17.4. The molecule has 1 saturated carbocycles. The number of nitrogens with zero attached hydrogens (tertiary/aromatic N) is 3. The van der Waals surface area contributed by atoms with Gasteiger partial charge in [-0.15, -0.1) is 0 Å². The molecule has 2 N–H and O–H groups in total. The molecular formula is C23H28FN5O. The topological polar surface area (TPSA) is 62.3 Å². The van der Waals surface area contributed by atoms with Crippen LogP contribution in [0.25, 0.3) is 10.9 Å². The minimum absolute atomic E-state index is 0.283. The van der Waals surface area contributed by atoms with Gasteiger partial charge in [0.15, 0.2) is 5.75 Å². The van der Waals surface area contributed by atoms with E-state index in [0.717, 1.165) is 48.0 Å². The molecule has 0 aliphatic heterocycles. The molecule has 1 aromatic heterocycles. The number of para-hydroxylation sites is 2. The molecule has 4 rings (SSSR count). The van der Waals surface area contributed by atoms with E-state index < -0.39 is 0 Å². The number of rotatable bonds is 7. The second-order valence-corrected chi connectivity index (χ2v) is 8.04. The monoisotopic (exact) mass is 409 g/mol. The number of anilines is 2. The number of fused-ring (bicyclic) bond motifs is 1. The lowest BCUT2D eigenvalue weighted by Crippen LogP contribution is -2.37. The molecule has 0 atom stereocenters. The molecule has 3 aromatic rings. The lowest BCUT2D eigenvalue weighted by Gasteiger charge is -2.30. The van der Waals surface area contributed by atoms with Crippen LogP contribution in [0.5, 0.6) is 5.75 Å². The first-order valence-corrected chi connectivity index (χ1v) is 10.4. The van der Waals surface area contributed by atoms with Crippen molar-refractivity contribution in [1.29, 1.82) is 0 Å². The van der Waals surface area contributed by atoms with Gasteiger partial charge >= 0.3 is 0 Å². The van der Waals surface area contributed by atoms with Crippen molar-refractivity contribution in [2.24, 2.45) is 0 Å². The van der Waals surface area contributed by atoms with Crippen LogP contribution >= 0.6 is 0 Å². The number of hydrogen-bond acceptors (Lipinski definition) is 6. The molecule has 1 aliphatic carbocycles. The quantitative estimate of drug-likeness (QED) is 0.600. The summed E-state index contributed by atoms with van der Waals surface area (Å²) >= 11 is 0. The van der Waals surface area contributed by atoms with Gasteiger partial charge < -0.3 is 15.5 Å². The molecule has 1 heterocycles. The highest BCUT2D eigenvalue weighted by atomic mass is 19.3. The molecule has 0 unspecified atom stereocenters. The SMILES string of the molecule is CN(C)c1nc(N[C@H]2CC[C@@H](NCc3ccccc3OF)CC2)nc2ccccc12. The Morgan fingerprint density at radius 1 is 0.967 bits per heavy atom. The number of aromatic nitrogens is 2. The molecule has 1 aliphatic rings. The van der Waals surface area contributed by atoms with E-state index >= 15 is 0 Å². The number of nitrogens with one attached hydrogen (secondary N) is 2. The molecule has 0 bridgehead atoms. The smallest absolute Gasteiger partial charge is 0.225 e. The summed E-state index contributed by atoms with van der Waals surface area (Å²) in [4.78, 5) is 15.4. The maximum atomic E-state index is 12.6. The molecule has 30 heavy (non-hydrogen) atoms. The van der Waals surface area contributed by atoms with Crippen LogP contribution in [-0.2, 0) is 6.54 Å². The first kappa shape index (κ1) is 20.3. The Labute approximate surface area is 176 Å². The Balaban J connectivity index is 1.35. The Kier molecular flexibility index (Phi) is 6.28. The molecule has 0 radical (unpaired) electrons. The van der Waals surface area contributed by atoms with E-state index in [4.69, 9.17) is 9.97 Å². The molecule has 1 fully saturated rings. The van der Waals surface area contributed by atoms with E-state index in [2.05, 4.69) is 21.6 Å². The van der Waals surface area contributed by atoms with Crippen molar-refractivity contribution in [3.63, 3.8) is 0 Å². The van der Waals surface area contributed by atoms with Gasteiger partial charge in [0, 0.05) is 48.2 Å². The summed E-state index contributed by atoms with van der Waals surface area (Å²) in [6.07, 6.45) is 4.16. The average molecular weight is 410 g/mol. The highest BCUT2D eigenvalue weighted by Crippen LogP contribution is 2.27. The Morgan fingerprint density at radius 3 is 2.43 bits per heavy atom. The average Bonchev–Trinajstić information content (AvgIpc) is 2.78. The van der Waals surface area contributed by atoms with Gasteiger partial charge in [-0.1, -0.05) is 30.3 Å². The minimum atomic E-state index is 0.283. The third kappa shape index (κ3) is 4.62. The van der Waals surface area contributed by atoms with E-state index in [9.17, 15) is 4.53 Å². The maximum absolute atomic E-state index is 12.6. The Morgan fingerprint density at radius 2 is 1.67 bits per heavy atom. The first-order chi connectivity index (χ1) is 14.6. The van der Waals surface area contributed by atoms with Crippen LogP contribution in [0.2, 0.25) is 0 Å². The summed E-state index contributed by atoms with van der Waals surface area (Å²) in [5.74, 6) is 1.89. The summed E-state index contributed by atoms with van der Waals surface area (Å²) in [5.41, 5.74) is 1.78. The van der Waals surface area contributed by atoms with Crippen LogP contribution in [0.3, 0.4) is 0 Å². The number of benzene rings is 2. The standard InChI is InChI=1S/C23H28FN5O/c1-29(2)22-19-8-4-5-9-20(19)27-23(28-22)26-18-13-11-17(12-14-18)25-15-16-7-3-6-10-21(16)30-24/h3-10,17-18,25H,11-15H2,1-2H3,(H,26,27,28)/t17-,18+. The van der Waals surface area contributed by atoms with E-state index in [1.54, 1.807) is 12.1 Å². The summed E-state index contributed by atoms with van der Waals surface area (Å²) in [5, 5.41) is 8.12. The molecule has 6 nitrogen and oxygen atoms in total. The van der Waals surface area contributed by atoms with Crippen molar-refractivity contribution >= 4 is 22.7 Å². The van der Waals surface area contributed by atoms with Crippen LogP contribution in [-0.4, -0.2) is 36.1 Å². The number of halogens is 1. The fourth-order valence-corrected chi connectivity index (χ4v) is 4.07. The van der Waals surface area contributed by atoms with Crippen molar-refractivity contribution in [3.8, 4) is 5.75 Å². The second-order valence-electron chi connectivity index (χ2n) is 8.04. The van der Waals surface area contributed by atoms with Gasteiger partial charge in [-0.05, 0) is 43.9 Å². The van der Waals surface area contributed by atoms with Gasteiger partial charge in [0.2, 0.25) is 5.95 Å². The van der Waals surface area contributed by atoms with Gasteiger partial charge in [0.1, 0.15) is 5.82 Å². The Bertz CT molecular complexity index is 988. The molecule has 0 saturated heterocycles. The third-order valence-corrected chi connectivity index (χ3v) is 5.70. The number of hydrogen-bond donors (Lipinski definition) is 2. The van der Waals surface area contributed by atoms with Crippen LogP contribution < -0.4 is 20.5 Å². The van der Waals surface area contributed by atoms with Crippen molar-refractivity contribution < 1.29 is 9.47 Å². The van der Waals surface area contributed by atoms with Gasteiger partial charge in [0.25, 0.3) is 0 Å². The van der Waals surface area contributed by atoms with Crippen molar-refractivity contribution in [3.05, 3.63) is 54.1 Å². The van der Waals surface area contributed by atoms with Gasteiger partial charge in [0.05, 0.1) is 5.52 Å². The lowest BCUT2D eigenvalue weighted by atomic mass is 9.91. The summed E-state index contributed by atoms with van der Waals surface area (Å²) < 4.78 is 12.6. The van der Waals surface area contributed by atoms with Crippen LogP contribution in [0.1, 0.15) is 31.2 Å². The van der Waals surface area contributed by atoms with Crippen molar-refractivity contribution in [2.45, 2.75) is 44.3 Å². The molecule has 0 spiro atoms. The molecule has 7 heteroatoms. The van der Waals surface area contributed by atoms with E-state index in [1.165, 1.54) is 0 Å². The normalized spacial score (nSPS) is 18.9. The van der Waals surface area contributed by atoms with Crippen molar-refractivity contribution in [2.75, 3.05) is 24.3 Å². The highest BCUT2D eigenvalue weighted by molar-refractivity contribution is 5.90. The lowest BCUT2D eigenvalue weighted by molar-refractivity contribution is -0.00749. The van der Waals surface area contributed by atoms with E-state index in [1.807, 2.05) is 49.3 Å². The predicted octanol–water partition coefficient (Wildman–Crippen LogP) is 4.47. The molecule has 0 amide bonds. The van der Waals surface area contributed by atoms with E-state index in [-0.39, 0.29) is 5.75 Å². The van der Waals surface area contributed by atoms with E-state index in [0.29, 0.717) is 24.6 Å². The maximum Gasteiger partial charge on any atom is 0.225 e. The molecule has 2 aromatic carbocycles. The predicted molar refractivity (Wildman–Crippen MR) is 119 cm³/mol. The first-order valence-electron chi connectivity index (χ1n) is 10.4. The van der Waals surface area contributed by atoms with Crippen LogP contribution in [0.15, 0.2) is 48.5 Å². The van der Waals surface area contributed by atoms with Gasteiger partial charge in [-0.2, -0.15) is 4.98 Å². The van der Waals surface area contributed by atoms with Crippen LogP contribution in [0.4, 0.5) is 16.3 Å². The van der Waals surface area contributed by atoms with Gasteiger partial charge in [-0.3, -0.25) is 4.94 Å². The second kappa shape index (κ2) is 9.26. The fourth-order valence-electron chi connectivity index (χ4n) is 4.07. The summed E-state index contributed by atoms with van der Waals surface area (Å²) in [6.45, 7) is 0.600. The third-order valence-electron chi connectivity index (χ3n) is 5.70. The zero-order chi connectivity index (χ0) is 20.9. The molecule has 158 valence electrons. The fraction of sp³-hybridized carbons (Fsp3) is 0.391.